The van der Waals surface area contributed by atoms with Crippen molar-refractivity contribution >= 4 is 0 Å². The van der Waals surface area contributed by atoms with E-state index in [0.29, 0.717) is 26.2 Å². The number of hydrogen-bond acceptors (Lipinski definition) is 7. The van der Waals surface area contributed by atoms with Gasteiger partial charge in [0.15, 0.2) is 0 Å². The molecule has 114 valence electrons. The average Bonchev–Trinajstić information content (AvgIpc) is 2.47. The summed E-state index contributed by atoms with van der Waals surface area (Å²) in [6.45, 7) is 1.09. The molecule has 1 aromatic rings. The van der Waals surface area contributed by atoms with Gasteiger partial charge in [0.2, 0.25) is 0 Å². The van der Waals surface area contributed by atoms with Crippen LogP contribution in [-0.2, 0) is 13.1 Å². The molecule has 2 atom stereocenters. The second-order valence-electron chi connectivity index (χ2n) is 4.55. The van der Waals surface area contributed by atoms with E-state index >= 15 is 0 Å². The minimum absolute atomic E-state index is 0.266. The summed E-state index contributed by atoms with van der Waals surface area (Å²) < 4.78 is 0. The molecule has 7 nitrogen and oxygen atoms in total. The van der Waals surface area contributed by atoms with Gasteiger partial charge in [-0.3, -0.25) is 4.98 Å². The predicted molar refractivity (Wildman–Crippen MR) is 73.8 cm³/mol. The second kappa shape index (κ2) is 9.76. The predicted octanol–water partition coefficient (Wildman–Crippen LogP) is -2.03. The quantitative estimate of drug-likeness (QED) is 0.293. The summed E-state index contributed by atoms with van der Waals surface area (Å²) in [5.41, 5.74) is 1.66. The monoisotopic (exact) mass is 285 g/mol. The molecule has 0 fully saturated rings. The first-order valence-electron chi connectivity index (χ1n) is 6.59. The number of rotatable bonds is 10. The molecular formula is C13H23N3O4. The summed E-state index contributed by atoms with van der Waals surface area (Å²) in [4.78, 5) is 4.40. The molecule has 0 saturated carbocycles. The van der Waals surface area contributed by atoms with Gasteiger partial charge in [-0.15, -0.1) is 0 Å². The maximum absolute atomic E-state index is 9.20. The average molecular weight is 285 g/mol. The van der Waals surface area contributed by atoms with Crippen molar-refractivity contribution in [3.05, 3.63) is 29.6 Å². The fourth-order valence-corrected chi connectivity index (χ4v) is 1.59. The van der Waals surface area contributed by atoms with Crippen LogP contribution in [-0.4, -0.2) is 63.9 Å². The number of aliphatic hydroxyl groups is 4. The van der Waals surface area contributed by atoms with Crippen molar-refractivity contribution < 1.29 is 20.4 Å². The van der Waals surface area contributed by atoms with E-state index in [0.717, 1.165) is 11.4 Å². The summed E-state index contributed by atoms with van der Waals surface area (Å²) >= 11 is 0. The molecule has 20 heavy (non-hydrogen) atoms. The third-order valence-electron chi connectivity index (χ3n) is 2.66. The van der Waals surface area contributed by atoms with Crippen molar-refractivity contribution in [2.45, 2.75) is 25.3 Å². The van der Waals surface area contributed by atoms with Gasteiger partial charge in [0.05, 0.1) is 36.8 Å². The molecule has 0 aliphatic heterocycles. The van der Waals surface area contributed by atoms with Crippen LogP contribution in [0.3, 0.4) is 0 Å². The summed E-state index contributed by atoms with van der Waals surface area (Å²) in [5, 5.41) is 41.8. The SMILES string of the molecule is OCC(O)CNCc1cccc(CNCC(O)CO)n1. The highest BCUT2D eigenvalue weighted by atomic mass is 16.3. The molecule has 0 aliphatic carbocycles. The fraction of sp³-hybridized carbons (Fsp3) is 0.615. The molecule has 0 radical (unpaired) electrons. The highest BCUT2D eigenvalue weighted by Gasteiger charge is 2.03. The summed E-state index contributed by atoms with van der Waals surface area (Å²) in [6.07, 6.45) is -1.53. The van der Waals surface area contributed by atoms with Gasteiger partial charge in [0, 0.05) is 26.2 Å². The van der Waals surface area contributed by atoms with E-state index in [4.69, 9.17) is 10.2 Å². The van der Waals surface area contributed by atoms with Crippen LogP contribution >= 0.6 is 0 Å². The van der Waals surface area contributed by atoms with Crippen molar-refractivity contribution in [2.75, 3.05) is 26.3 Å². The zero-order valence-electron chi connectivity index (χ0n) is 11.4. The zero-order chi connectivity index (χ0) is 14.8. The number of aliphatic hydroxyl groups excluding tert-OH is 4. The first kappa shape index (κ1) is 17.0. The Morgan fingerprint density at radius 1 is 0.900 bits per heavy atom. The fourth-order valence-electron chi connectivity index (χ4n) is 1.59. The highest BCUT2D eigenvalue weighted by Crippen LogP contribution is 1.99. The Labute approximate surface area is 118 Å². The van der Waals surface area contributed by atoms with Crippen molar-refractivity contribution in [3.8, 4) is 0 Å². The molecule has 0 bridgehead atoms. The van der Waals surface area contributed by atoms with Crippen molar-refractivity contribution in [1.82, 2.24) is 15.6 Å². The maximum Gasteiger partial charge on any atom is 0.0895 e. The van der Waals surface area contributed by atoms with Crippen molar-refractivity contribution in [1.29, 1.82) is 0 Å². The van der Waals surface area contributed by atoms with Crippen LogP contribution in [0.25, 0.3) is 0 Å². The highest BCUT2D eigenvalue weighted by molar-refractivity contribution is 5.11. The maximum atomic E-state index is 9.20. The summed E-state index contributed by atoms with van der Waals surface area (Å²) in [5.74, 6) is 0. The molecular weight excluding hydrogens is 262 g/mol. The molecule has 0 aliphatic rings. The molecule has 0 spiro atoms. The van der Waals surface area contributed by atoms with Gasteiger partial charge >= 0.3 is 0 Å². The van der Waals surface area contributed by atoms with Crippen LogP contribution in [0.15, 0.2) is 18.2 Å². The minimum atomic E-state index is -0.764. The van der Waals surface area contributed by atoms with Gasteiger partial charge in [-0.05, 0) is 12.1 Å². The molecule has 0 amide bonds. The van der Waals surface area contributed by atoms with Crippen LogP contribution in [0.2, 0.25) is 0 Å². The number of aromatic nitrogens is 1. The molecule has 0 aromatic carbocycles. The molecule has 1 heterocycles. The third kappa shape index (κ3) is 6.90. The van der Waals surface area contributed by atoms with Gasteiger partial charge in [0.25, 0.3) is 0 Å². The van der Waals surface area contributed by atoms with Crippen LogP contribution in [0.5, 0.6) is 0 Å². The number of nitrogens with one attached hydrogen (secondary N) is 2. The molecule has 7 heteroatoms. The van der Waals surface area contributed by atoms with Crippen LogP contribution in [0.4, 0.5) is 0 Å². The molecule has 1 aromatic heterocycles. The number of hydrogen-bond donors (Lipinski definition) is 6. The van der Waals surface area contributed by atoms with Gasteiger partial charge in [-0.2, -0.15) is 0 Å². The Morgan fingerprint density at radius 3 is 1.75 bits per heavy atom. The Bertz CT molecular complexity index is 347. The van der Waals surface area contributed by atoms with Gasteiger partial charge < -0.3 is 31.1 Å². The second-order valence-corrected chi connectivity index (χ2v) is 4.55. The van der Waals surface area contributed by atoms with Crippen LogP contribution in [0, 0.1) is 0 Å². The van der Waals surface area contributed by atoms with E-state index in [-0.39, 0.29) is 13.2 Å². The normalized spacial score (nSPS) is 14.2. The number of nitrogens with zero attached hydrogens (tertiary/aromatic N) is 1. The largest absolute Gasteiger partial charge is 0.394 e. The van der Waals surface area contributed by atoms with Crippen LogP contribution < -0.4 is 10.6 Å². The molecule has 0 saturated heterocycles. The van der Waals surface area contributed by atoms with E-state index in [9.17, 15) is 10.2 Å². The smallest absolute Gasteiger partial charge is 0.0895 e. The number of pyridine rings is 1. The van der Waals surface area contributed by atoms with Gasteiger partial charge in [0.1, 0.15) is 0 Å². The summed E-state index contributed by atoms with van der Waals surface area (Å²) in [7, 11) is 0. The van der Waals surface area contributed by atoms with Crippen molar-refractivity contribution in [2.24, 2.45) is 0 Å². The Morgan fingerprint density at radius 2 is 1.35 bits per heavy atom. The molecule has 1 rings (SSSR count). The van der Waals surface area contributed by atoms with E-state index in [1.54, 1.807) is 0 Å². The lowest BCUT2D eigenvalue weighted by Crippen LogP contribution is -2.30. The zero-order valence-corrected chi connectivity index (χ0v) is 11.4. The molecule has 2 unspecified atom stereocenters. The van der Waals surface area contributed by atoms with E-state index in [1.165, 1.54) is 0 Å². The Hall–Kier alpha value is -1.09. The van der Waals surface area contributed by atoms with E-state index < -0.39 is 12.2 Å². The first-order valence-corrected chi connectivity index (χ1v) is 6.59. The Kier molecular flexibility index (Phi) is 8.28. The first-order chi connectivity index (χ1) is 9.65. The lowest BCUT2D eigenvalue weighted by Gasteiger charge is -2.10. The van der Waals surface area contributed by atoms with Gasteiger partial charge in [-0.25, -0.2) is 0 Å². The lowest BCUT2D eigenvalue weighted by atomic mass is 10.2. The standard InChI is InChI=1S/C13H23N3O4/c17-8-12(19)6-14-4-10-2-1-3-11(16-10)5-15-7-13(20)9-18/h1-3,12-15,17-20H,4-9H2. The minimum Gasteiger partial charge on any atom is -0.394 e. The lowest BCUT2D eigenvalue weighted by molar-refractivity contribution is 0.0940. The van der Waals surface area contributed by atoms with Gasteiger partial charge in [-0.1, -0.05) is 6.07 Å². The van der Waals surface area contributed by atoms with E-state index in [2.05, 4.69) is 15.6 Å². The Balaban J connectivity index is 2.33. The third-order valence-corrected chi connectivity index (χ3v) is 2.66. The summed E-state index contributed by atoms with van der Waals surface area (Å²) in [6, 6.07) is 5.61. The van der Waals surface area contributed by atoms with Crippen molar-refractivity contribution in [3.63, 3.8) is 0 Å². The van der Waals surface area contributed by atoms with E-state index in [1.807, 2.05) is 18.2 Å². The van der Waals surface area contributed by atoms with Crippen LogP contribution in [0.1, 0.15) is 11.4 Å². The topological polar surface area (TPSA) is 118 Å². The molecule has 6 N–H and O–H groups in total.